The lowest BCUT2D eigenvalue weighted by molar-refractivity contribution is 0.713. The zero-order valence-electron chi connectivity index (χ0n) is 10.2. The Hall–Kier alpha value is -2.50. The summed E-state index contributed by atoms with van der Waals surface area (Å²) >= 11 is 0. The average molecular weight is 252 g/mol. The van der Waals surface area contributed by atoms with E-state index in [0.29, 0.717) is 11.7 Å². The molecular weight excluding hydrogens is 240 g/mol. The van der Waals surface area contributed by atoms with Crippen LogP contribution >= 0.6 is 0 Å². The standard InChI is InChI=1S/C13H12N6/c1-2-4-10-9(3-1)5-6-11(10)14-12-7-8-13-15-17-18-19(13)16-12/h1-4,7-8,11H,5-6H2,(H,14,16). The van der Waals surface area contributed by atoms with E-state index in [2.05, 4.69) is 50.2 Å². The predicted octanol–water partition coefficient (Wildman–Crippen LogP) is 1.62. The Kier molecular flexibility index (Phi) is 2.20. The van der Waals surface area contributed by atoms with E-state index in [1.807, 2.05) is 12.1 Å². The number of anilines is 1. The van der Waals surface area contributed by atoms with Crippen molar-refractivity contribution in [3.8, 4) is 0 Å². The number of tetrazole rings is 1. The largest absolute Gasteiger partial charge is 0.362 e. The van der Waals surface area contributed by atoms with Crippen LogP contribution in [0.2, 0.25) is 0 Å². The molecule has 0 bridgehead atoms. The van der Waals surface area contributed by atoms with E-state index in [1.54, 1.807) is 0 Å². The van der Waals surface area contributed by atoms with Crippen molar-refractivity contribution >= 4 is 11.5 Å². The van der Waals surface area contributed by atoms with Gasteiger partial charge in [-0.05, 0) is 46.5 Å². The zero-order chi connectivity index (χ0) is 12.7. The van der Waals surface area contributed by atoms with Crippen molar-refractivity contribution in [2.45, 2.75) is 18.9 Å². The van der Waals surface area contributed by atoms with Crippen LogP contribution in [0.15, 0.2) is 36.4 Å². The van der Waals surface area contributed by atoms with Crippen molar-refractivity contribution in [3.63, 3.8) is 0 Å². The maximum absolute atomic E-state index is 4.34. The third kappa shape index (κ3) is 1.72. The SMILES string of the molecule is c1ccc2c(c1)CCC2Nc1ccc2nnnn2n1. The number of nitrogens with zero attached hydrogens (tertiary/aromatic N) is 5. The Balaban J connectivity index is 1.65. The molecule has 1 aromatic carbocycles. The lowest BCUT2D eigenvalue weighted by Gasteiger charge is -2.14. The molecule has 0 saturated carbocycles. The molecule has 1 aliphatic rings. The van der Waals surface area contributed by atoms with E-state index in [1.165, 1.54) is 15.8 Å². The molecule has 1 atom stereocenters. The highest BCUT2D eigenvalue weighted by molar-refractivity contribution is 5.46. The van der Waals surface area contributed by atoms with Gasteiger partial charge in [0.2, 0.25) is 0 Å². The molecule has 0 radical (unpaired) electrons. The number of nitrogens with one attached hydrogen (secondary N) is 1. The molecule has 0 fully saturated rings. The molecule has 1 aliphatic carbocycles. The van der Waals surface area contributed by atoms with Crippen molar-refractivity contribution in [2.24, 2.45) is 0 Å². The van der Waals surface area contributed by atoms with E-state index in [0.717, 1.165) is 18.7 Å². The van der Waals surface area contributed by atoms with E-state index in [9.17, 15) is 0 Å². The fourth-order valence-electron chi connectivity index (χ4n) is 2.61. The molecule has 2 heterocycles. The molecule has 0 amide bonds. The van der Waals surface area contributed by atoms with Crippen LogP contribution in [0.1, 0.15) is 23.6 Å². The number of hydrogen-bond donors (Lipinski definition) is 1. The highest BCUT2D eigenvalue weighted by Gasteiger charge is 2.22. The first kappa shape index (κ1) is 10.4. The lowest BCUT2D eigenvalue weighted by atomic mass is 10.1. The summed E-state index contributed by atoms with van der Waals surface area (Å²) in [5.41, 5.74) is 3.43. The summed E-state index contributed by atoms with van der Waals surface area (Å²) in [6.45, 7) is 0. The van der Waals surface area contributed by atoms with Gasteiger partial charge in [-0.25, -0.2) is 0 Å². The minimum atomic E-state index is 0.317. The molecule has 1 N–H and O–H groups in total. The minimum Gasteiger partial charge on any atom is -0.362 e. The Labute approximate surface area is 109 Å². The summed E-state index contributed by atoms with van der Waals surface area (Å²) in [7, 11) is 0. The first-order chi connectivity index (χ1) is 9.40. The number of hydrogen-bond acceptors (Lipinski definition) is 5. The molecule has 6 nitrogen and oxygen atoms in total. The van der Waals surface area contributed by atoms with Gasteiger partial charge < -0.3 is 5.32 Å². The monoisotopic (exact) mass is 252 g/mol. The second-order valence-electron chi connectivity index (χ2n) is 4.68. The summed E-state index contributed by atoms with van der Waals surface area (Å²) in [5, 5.41) is 19.0. The van der Waals surface area contributed by atoms with Crippen LogP contribution in [0.5, 0.6) is 0 Å². The molecule has 94 valence electrons. The summed E-state index contributed by atoms with van der Waals surface area (Å²) in [6, 6.07) is 12.6. The van der Waals surface area contributed by atoms with E-state index in [-0.39, 0.29) is 0 Å². The van der Waals surface area contributed by atoms with Crippen molar-refractivity contribution in [3.05, 3.63) is 47.5 Å². The molecule has 2 aromatic heterocycles. The number of aryl methyl sites for hydroxylation is 1. The van der Waals surface area contributed by atoms with Crippen molar-refractivity contribution in [1.29, 1.82) is 0 Å². The Morgan fingerprint density at radius 3 is 3.11 bits per heavy atom. The van der Waals surface area contributed by atoms with Crippen LogP contribution in [0.25, 0.3) is 5.65 Å². The Bertz CT molecular complexity index is 735. The van der Waals surface area contributed by atoms with Gasteiger partial charge in [-0.15, -0.1) is 14.8 Å². The molecule has 4 rings (SSSR count). The van der Waals surface area contributed by atoms with Gasteiger partial charge in [-0.3, -0.25) is 0 Å². The molecular formula is C13H12N6. The van der Waals surface area contributed by atoms with Crippen LogP contribution in [0.3, 0.4) is 0 Å². The molecule has 6 heteroatoms. The minimum absolute atomic E-state index is 0.317. The second-order valence-corrected chi connectivity index (χ2v) is 4.68. The van der Waals surface area contributed by atoms with Gasteiger partial charge in [0.05, 0.1) is 6.04 Å². The Morgan fingerprint density at radius 1 is 1.16 bits per heavy atom. The third-order valence-electron chi connectivity index (χ3n) is 3.52. The molecule has 0 saturated heterocycles. The van der Waals surface area contributed by atoms with Gasteiger partial charge >= 0.3 is 0 Å². The summed E-state index contributed by atoms with van der Waals surface area (Å²) < 4.78 is 1.43. The summed E-state index contributed by atoms with van der Waals surface area (Å²) in [6.07, 6.45) is 2.20. The normalized spacial score (nSPS) is 17.6. The van der Waals surface area contributed by atoms with Gasteiger partial charge in [0.1, 0.15) is 5.82 Å². The van der Waals surface area contributed by atoms with Crippen LogP contribution in [0.4, 0.5) is 5.82 Å². The Morgan fingerprint density at radius 2 is 2.11 bits per heavy atom. The van der Waals surface area contributed by atoms with E-state index >= 15 is 0 Å². The van der Waals surface area contributed by atoms with Gasteiger partial charge in [0.15, 0.2) is 5.65 Å². The predicted molar refractivity (Wildman–Crippen MR) is 69.7 cm³/mol. The van der Waals surface area contributed by atoms with Crippen molar-refractivity contribution in [2.75, 3.05) is 5.32 Å². The third-order valence-corrected chi connectivity index (χ3v) is 3.52. The van der Waals surface area contributed by atoms with Crippen molar-refractivity contribution < 1.29 is 0 Å². The molecule has 3 aromatic rings. The first-order valence-electron chi connectivity index (χ1n) is 6.30. The van der Waals surface area contributed by atoms with Gasteiger partial charge in [-0.2, -0.15) is 0 Å². The molecule has 0 aliphatic heterocycles. The smallest absolute Gasteiger partial charge is 0.200 e. The highest BCUT2D eigenvalue weighted by Crippen LogP contribution is 2.32. The number of fused-ring (bicyclic) bond motifs is 2. The van der Waals surface area contributed by atoms with Gasteiger partial charge in [0, 0.05) is 0 Å². The summed E-state index contributed by atoms with van der Waals surface area (Å²) in [5.74, 6) is 0.793. The number of aromatic nitrogens is 5. The fraction of sp³-hybridized carbons (Fsp3) is 0.231. The topological polar surface area (TPSA) is 68.0 Å². The molecule has 1 unspecified atom stereocenters. The van der Waals surface area contributed by atoms with Crippen LogP contribution in [-0.2, 0) is 6.42 Å². The molecule has 19 heavy (non-hydrogen) atoms. The molecule has 0 spiro atoms. The maximum Gasteiger partial charge on any atom is 0.200 e. The van der Waals surface area contributed by atoms with E-state index in [4.69, 9.17) is 0 Å². The van der Waals surface area contributed by atoms with Gasteiger partial charge in [0.25, 0.3) is 0 Å². The average Bonchev–Trinajstić information content (AvgIpc) is 3.06. The van der Waals surface area contributed by atoms with Crippen LogP contribution in [-0.4, -0.2) is 25.3 Å². The second kappa shape index (κ2) is 4.01. The lowest BCUT2D eigenvalue weighted by Crippen LogP contribution is -2.10. The fourth-order valence-corrected chi connectivity index (χ4v) is 2.61. The number of rotatable bonds is 2. The first-order valence-corrected chi connectivity index (χ1v) is 6.30. The highest BCUT2D eigenvalue weighted by atomic mass is 15.6. The van der Waals surface area contributed by atoms with E-state index < -0.39 is 0 Å². The quantitative estimate of drug-likeness (QED) is 0.750. The van der Waals surface area contributed by atoms with Gasteiger partial charge in [-0.1, -0.05) is 24.3 Å². The van der Waals surface area contributed by atoms with Crippen molar-refractivity contribution in [1.82, 2.24) is 25.3 Å². The zero-order valence-corrected chi connectivity index (χ0v) is 10.2. The van der Waals surface area contributed by atoms with Crippen LogP contribution in [0, 0.1) is 0 Å². The number of benzene rings is 1. The maximum atomic E-state index is 4.34. The van der Waals surface area contributed by atoms with Crippen LogP contribution < -0.4 is 5.32 Å². The summed E-state index contributed by atoms with van der Waals surface area (Å²) in [4.78, 5) is 0.